The maximum Gasteiger partial charge on any atom is 0.337 e. The van der Waals surface area contributed by atoms with E-state index in [1.165, 1.54) is 18.3 Å². The predicted molar refractivity (Wildman–Crippen MR) is 72.7 cm³/mol. The third-order valence-corrected chi connectivity index (χ3v) is 3.78. The van der Waals surface area contributed by atoms with Crippen molar-refractivity contribution in [1.29, 1.82) is 0 Å². The number of carbonyl (C=O) groups is 3. The van der Waals surface area contributed by atoms with Crippen molar-refractivity contribution in [1.82, 2.24) is 9.88 Å². The highest BCUT2D eigenvalue weighted by Crippen LogP contribution is 2.32. The van der Waals surface area contributed by atoms with Crippen molar-refractivity contribution < 1.29 is 19.5 Å². The summed E-state index contributed by atoms with van der Waals surface area (Å²) in [5.41, 5.74) is 0.0592. The zero-order valence-corrected chi connectivity index (χ0v) is 11.3. The molecule has 110 valence electrons. The molecule has 1 unspecified atom stereocenters. The van der Waals surface area contributed by atoms with E-state index in [4.69, 9.17) is 5.11 Å². The SMILES string of the molecule is O=C(O)c1ccc(NC(=O)C2CC(=O)N(C3CC3)C2)nc1. The Morgan fingerprint density at radius 2 is 2.10 bits per heavy atom. The summed E-state index contributed by atoms with van der Waals surface area (Å²) >= 11 is 0. The number of carboxylic acid groups (broad SMARTS) is 1. The van der Waals surface area contributed by atoms with Crippen LogP contribution in [-0.4, -0.2) is 45.4 Å². The van der Waals surface area contributed by atoms with Gasteiger partial charge in [-0.25, -0.2) is 9.78 Å². The maximum atomic E-state index is 12.1. The van der Waals surface area contributed by atoms with Crippen molar-refractivity contribution >= 4 is 23.6 Å². The maximum absolute atomic E-state index is 12.1. The molecule has 1 saturated heterocycles. The standard InChI is InChI=1S/C14H15N3O4/c18-12-5-9(7-17(12)10-2-3-10)13(19)16-11-4-1-8(6-15-11)14(20)21/h1,4,6,9-10H,2-3,5,7H2,(H,20,21)(H,15,16,19). The summed E-state index contributed by atoms with van der Waals surface area (Å²) in [6.45, 7) is 0.461. The van der Waals surface area contributed by atoms with Crippen LogP contribution in [0.15, 0.2) is 18.3 Å². The number of amides is 2. The first-order chi connectivity index (χ1) is 10.0. The summed E-state index contributed by atoms with van der Waals surface area (Å²) in [6, 6.07) is 3.14. The molecule has 1 aliphatic heterocycles. The molecular weight excluding hydrogens is 274 g/mol. The van der Waals surface area contributed by atoms with Crippen LogP contribution >= 0.6 is 0 Å². The van der Waals surface area contributed by atoms with E-state index in [0.29, 0.717) is 18.4 Å². The molecule has 1 aromatic heterocycles. The average Bonchev–Trinajstić information content (AvgIpc) is 3.22. The number of hydrogen-bond donors (Lipinski definition) is 2. The van der Waals surface area contributed by atoms with Crippen LogP contribution in [-0.2, 0) is 9.59 Å². The first kappa shape index (κ1) is 13.5. The zero-order valence-electron chi connectivity index (χ0n) is 11.3. The summed E-state index contributed by atoms with van der Waals surface area (Å²) in [7, 11) is 0. The molecule has 0 aromatic carbocycles. The van der Waals surface area contributed by atoms with Crippen LogP contribution in [0.5, 0.6) is 0 Å². The fraction of sp³-hybridized carbons (Fsp3) is 0.429. The molecule has 3 rings (SSSR count). The summed E-state index contributed by atoms with van der Waals surface area (Å²) in [4.78, 5) is 40.3. The Labute approximate surface area is 121 Å². The molecule has 7 nitrogen and oxygen atoms in total. The van der Waals surface area contributed by atoms with Gasteiger partial charge in [0.15, 0.2) is 0 Å². The van der Waals surface area contributed by atoms with Crippen molar-refractivity contribution in [3.63, 3.8) is 0 Å². The molecule has 0 spiro atoms. The fourth-order valence-corrected chi connectivity index (χ4v) is 2.47. The van der Waals surface area contributed by atoms with E-state index in [1.807, 2.05) is 0 Å². The lowest BCUT2D eigenvalue weighted by atomic mass is 10.1. The number of pyridine rings is 1. The average molecular weight is 289 g/mol. The highest BCUT2D eigenvalue weighted by Gasteiger charge is 2.41. The van der Waals surface area contributed by atoms with E-state index >= 15 is 0 Å². The molecule has 0 radical (unpaired) electrons. The number of nitrogens with one attached hydrogen (secondary N) is 1. The number of anilines is 1. The molecule has 1 aromatic rings. The predicted octanol–water partition coefficient (Wildman–Crippen LogP) is 0.729. The number of nitrogens with zero attached hydrogens (tertiary/aromatic N) is 2. The third-order valence-electron chi connectivity index (χ3n) is 3.78. The Kier molecular flexibility index (Phi) is 3.32. The smallest absolute Gasteiger partial charge is 0.337 e. The van der Waals surface area contributed by atoms with Crippen LogP contribution in [0.3, 0.4) is 0 Å². The van der Waals surface area contributed by atoms with Gasteiger partial charge in [0.1, 0.15) is 5.82 Å². The molecule has 2 aliphatic rings. The Bertz CT molecular complexity index is 595. The Hall–Kier alpha value is -2.44. The number of likely N-dealkylation sites (tertiary alicyclic amines) is 1. The van der Waals surface area contributed by atoms with Gasteiger partial charge in [-0.15, -0.1) is 0 Å². The third kappa shape index (κ3) is 2.86. The zero-order chi connectivity index (χ0) is 15.0. The van der Waals surface area contributed by atoms with Gasteiger partial charge in [0.25, 0.3) is 0 Å². The van der Waals surface area contributed by atoms with E-state index in [-0.39, 0.29) is 29.7 Å². The van der Waals surface area contributed by atoms with Crippen LogP contribution in [0.25, 0.3) is 0 Å². The normalized spacial score (nSPS) is 21.4. The number of carbonyl (C=O) groups excluding carboxylic acids is 2. The Balaban J connectivity index is 1.61. The monoisotopic (exact) mass is 289 g/mol. The molecule has 21 heavy (non-hydrogen) atoms. The molecule has 2 N–H and O–H groups in total. The van der Waals surface area contributed by atoms with Gasteiger partial charge in [-0.1, -0.05) is 0 Å². The van der Waals surface area contributed by atoms with Gasteiger partial charge in [0.05, 0.1) is 11.5 Å². The molecule has 1 saturated carbocycles. The summed E-state index contributed by atoms with van der Waals surface area (Å²) in [5, 5.41) is 11.4. The fourth-order valence-electron chi connectivity index (χ4n) is 2.47. The topological polar surface area (TPSA) is 99.6 Å². The lowest BCUT2D eigenvalue weighted by molar-refractivity contribution is -0.128. The Morgan fingerprint density at radius 3 is 2.67 bits per heavy atom. The molecule has 0 bridgehead atoms. The molecule has 2 heterocycles. The van der Waals surface area contributed by atoms with E-state index in [0.717, 1.165) is 12.8 Å². The summed E-state index contributed by atoms with van der Waals surface area (Å²) in [6.07, 6.45) is 3.47. The van der Waals surface area contributed by atoms with Gasteiger partial charge in [-0.2, -0.15) is 0 Å². The first-order valence-electron chi connectivity index (χ1n) is 6.84. The lowest BCUT2D eigenvalue weighted by Gasteiger charge is -2.15. The number of hydrogen-bond acceptors (Lipinski definition) is 4. The van der Waals surface area contributed by atoms with Crippen molar-refractivity contribution in [2.75, 3.05) is 11.9 Å². The van der Waals surface area contributed by atoms with Crippen LogP contribution in [0, 0.1) is 5.92 Å². The van der Waals surface area contributed by atoms with Crippen molar-refractivity contribution in [3.8, 4) is 0 Å². The van der Waals surface area contributed by atoms with E-state index < -0.39 is 5.97 Å². The van der Waals surface area contributed by atoms with Gasteiger partial charge in [0.2, 0.25) is 11.8 Å². The van der Waals surface area contributed by atoms with Crippen molar-refractivity contribution in [2.24, 2.45) is 5.92 Å². The minimum atomic E-state index is -1.07. The lowest BCUT2D eigenvalue weighted by Crippen LogP contribution is -2.30. The van der Waals surface area contributed by atoms with Crippen molar-refractivity contribution in [3.05, 3.63) is 23.9 Å². The highest BCUT2D eigenvalue weighted by atomic mass is 16.4. The number of aromatic carboxylic acids is 1. The Morgan fingerprint density at radius 1 is 1.33 bits per heavy atom. The number of aromatic nitrogens is 1. The van der Waals surface area contributed by atoms with E-state index in [2.05, 4.69) is 10.3 Å². The van der Waals surface area contributed by atoms with Crippen LogP contribution < -0.4 is 5.32 Å². The molecule has 2 fully saturated rings. The van der Waals surface area contributed by atoms with Gasteiger partial charge in [-0.05, 0) is 25.0 Å². The van der Waals surface area contributed by atoms with Gasteiger partial charge < -0.3 is 15.3 Å². The van der Waals surface area contributed by atoms with Crippen LogP contribution in [0.1, 0.15) is 29.6 Å². The minimum Gasteiger partial charge on any atom is -0.478 e. The van der Waals surface area contributed by atoms with E-state index in [1.54, 1.807) is 4.90 Å². The molecule has 1 atom stereocenters. The summed E-state index contributed by atoms with van der Waals surface area (Å²) in [5.74, 6) is -1.35. The highest BCUT2D eigenvalue weighted by molar-refractivity contribution is 5.97. The quantitative estimate of drug-likeness (QED) is 0.851. The molecule has 1 aliphatic carbocycles. The number of carboxylic acids is 1. The number of rotatable bonds is 4. The van der Waals surface area contributed by atoms with Crippen molar-refractivity contribution in [2.45, 2.75) is 25.3 Å². The second-order valence-corrected chi connectivity index (χ2v) is 5.40. The molecule has 2 amide bonds. The largest absolute Gasteiger partial charge is 0.478 e. The van der Waals surface area contributed by atoms with Gasteiger partial charge in [0, 0.05) is 25.2 Å². The van der Waals surface area contributed by atoms with Crippen LogP contribution in [0.2, 0.25) is 0 Å². The second kappa shape index (κ2) is 5.16. The van der Waals surface area contributed by atoms with Gasteiger partial charge in [-0.3, -0.25) is 9.59 Å². The van der Waals surface area contributed by atoms with E-state index in [9.17, 15) is 14.4 Å². The molecule has 7 heteroatoms. The summed E-state index contributed by atoms with van der Waals surface area (Å²) < 4.78 is 0. The minimum absolute atomic E-state index is 0.0341. The van der Waals surface area contributed by atoms with Crippen LogP contribution in [0.4, 0.5) is 5.82 Å². The second-order valence-electron chi connectivity index (χ2n) is 5.40. The molecular formula is C14H15N3O4. The van der Waals surface area contributed by atoms with Gasteiger partial charge >= 0.3 is 5.97 Å². The first-order valence-corrected chi connectivity index (χ1v) is 6.84.